The topological polar surface area (TPSA) is 45.6 Å². The van der Waals surface area contributed by atoms with Crippen molar-refractivity contribution in [3.05, 3.63) is 83.4 Å². The van der Waals surface area contributed by atoms with Gasteiger partial charge in [0, 0.05) is 41.6 Å². The Morgan fingerprint density at radius 3 is 2.19 bits per heavy atom. The maximum atomic E-state index is 12.2. The van der Waals surface area contributed by atoms with Crippen molar-refractivity contribution in [2.24, 2.45) is 4.99 Å². The van der Waals surface area contributed by atoms with E-state index in [0.717, 1.165) is 33.8 Å². The van der Waals surface area contributed by atoms with Gasteiger partial charge in [-0.25, -0.2) is 0 Å². The summed E-state index contributed by atoms with van der Waals surface area (Å²) in [5, 5.41) is 0. The first kappa shape index (κ1) is 25.3. The van der Waals surface area contributed by atoms with E-state index in [0.29, 0.717) is 6.54 Å². The molecule has 0 spiro atoms. The second-order valence-corrected chi connectivity index (χ2v) is 10.2. The number of hydrogen-bond donors (Lipinski definition) is 0. The maximum Gasteiger partial charge on any atom is 0.250 e. The lowest BCUT2D eigenvalue weighted by molar-refractivity contribution is -0.122. The summed E-state index contributed by atoms with van der Waals surface area (Å²) in [6.45, 7) is 19.7. The molecule has 4 nitrogen and oxygen atoms in total. The van der Waals surface area contributed by atoms with Crippen LogP contribution in [-0.4, -0.2) is 35.6 Å². The van der Waals surface area contributed by atoms with E-state index in [9.17, 15) is 4.79 Å². The van der Waals surface area contributed by atoms with Crippen molar-refractivity contribution < 1.29 is 4.79 Å². The Morgan fingerprint density at radius 1 is 1.06 bits per heavy atom. The second kappa shape index (κ2) is 10.1. The predicted molar refractivity (Wildman–Crippen MR) is 137 cm³/mol. The lowest BCUT2D eigenvalue weighted by atomic mass is 9.85. The van der Waals surface area contributed by atoms with Crippen LogP contribution < -0.4 is 0 Å². The van der Waals surface area contributed by atoms with Crippen LogP contribution in [0, 0.1) is 0 Å². The smallest absolute Gasteiger partial charge is 0.250 e. The highest BCUT2D eigenvalue weighted by Crippen LogP contribution is 2.30. The molecule has 0 fully saturated rings. The molecule has 0 aromatic carbocycles. The van der Waals surface area contributed by atoms with E-state index in [4.69, 9.17) is 4.98 Å². The van der Waals surface area contributed by atoms with Crippen LogP contribution >= 0.6 is 0 Å². The van der Waals surface area contributed by atoms with E-state index in [-0.39, 0.29) is 16.7 Å². The minimum atomic E-state index is -0.0567. The Morgan fingerprint density at radius 2 is 1.66 bits per heavy atom. The first-order valence-electron chi connectivity index (χ1n) is 11.0. The summed E-state index contributed by atoms with van der Waals surface area (Å²) in [5.74, 6) is -0.0567. The van der Waals surface area contributed by atoms with Gasteiger partial charge in [0.15, 0.2) is 0 Å². The van der Waals surface area contributed by atoms with Gasteiger partial charge in [-0.05, 0) is 41.8 Å². The van der Waals surface area contributed by atoms with E-state index in [2.05, 4.69) is 71.3 Å². The van der Waals surface area contributed by atoms with Crippen LogP contribution in [0.25, 0.3) is 5.57 Å². The number of allylic oxidation sites excluding steroid dienone is 7. The zero-order valence-electron chi connectivity index (χ0n) is 20.9. The highest BCUT2D eigenvalue weighted by Gasteiger charge is 2.22. The van der Waals surface area contributed by atoms with Crippen molar-refractivity contribution in [3.63, 3.8) is 0 Å². The average molecular weight is 432 g/mol. The standard InChI is InChI=1S/C28H37N3O/c1-10-21(22-17-24(27(3,4)5)30-25(18-22)28(6,7)8)14-13-20(2)16-23-19-29-15-11-12-26(32)31(23)9/h10-14,16-19H,1,15H2,2-9H3/b12-11+,20-13-,21-14+,23-16+,29-19+. The lowest BCUT2D eigenvalue weighted by Gasteiger charge is -2.25. The molecule has 1 aromatic heterocycles. The predicted octanol–water partition coefficient (Wildman–Crippen LogP) is 6.18. The minimum Gasteiger partial charge on any atom is -0.310 e. The molecule has 1 aliphatic rings. The molecule has 0 N–H and O–H groups in total. The van der Waals surface area contributed by atoms with Crippen molar-refractivity contribution in [2.45, 2.75) is 59.3 Å². The van der Waals surface area contributed by atoms with Crippen LogP contribution in [0.5, 0.6) is 0 Å². The van der Waals surface area contributed by atoms with Crippen LogP contribution in [-0.2, 0) is 15.6 Å². The quantitative estimate of drug-likeness (QED) is 0.535. The van der Waals surface area contributed by atoms with Gasteiger partial charge in [0.2, 0.25) is 0 Å². The number of carbonyl (C=O) groups excluding carboxylic acids is 1. The number of pyridine rings is 1. The second-order valence-electron chi connectivity index (χ2n) is 10.2. The summed E-state index contributed by atoms with van der Waals surface area (Å²) in [4.78, 5) is 23.1. The zero-order chi connectivity index (χ0) is 24.1. The van der Waals surface area contributed by atoms with Crippen molar-refractivity contribution in [2.75, 3.05) is 13.6 Å². The summed E-state index contributed by atoms with van der Waals surface area (Å²) in [7, 11) is 1.76. The summed E-state index contributed by atoms with van der Waals surface area (Å²) in [6, 6.07) is 4.31. The monoisotopic (exact) mass is 431 g/mol. The number of amides is 1. The molecule has 0 bridgehead atoms. The third kappa shape index (κ3) is 6.74. The van der Waals surface area contributed by atoms with Crippen LogP contribution in [0.1, 0.15) is 65.4 Å². The molecule has 2 rings (SSSR count). The van der Waals surface area contributed by atoms with Crippen LogP contribution in [0.2, 0.25) is 0 Å². The van der Waals surface area contributed by atoms with Gasteiger partial charge in [-0.15, -0.1) is 0 Å². The number of rotatable bonds is 4. The lowest BCUT2D eigenvalue weighted by Crippen LogP contribution is -2.26. The molecule has 2 heterocycles. The van der Waals surface area contributed by atoms with E-state index in [1.54, 1.807) is 30.3 Å². The van der Waals surface area contributed by atoms with Crippen LogP contribution in [0.15, 0.2) is 71.4 Å². The Bertz CT molecular complexity index is 989. The molecule has 170 valence electrons. The maximum absolute atomic E-state index is 12.2. The average Bonchev–Trinajstić information content (AvgIpc) is 2.70. The fourth-order valence-corrected chi connectivity index (χ4v) is 3.07. The number of carbonyl (C=O) groups is 1. The third-order valence-electron chi connectivity index (χ3n) is 5.23. The highest BCUT2D eigenvalue weighted by molar-refractivity contribution is 5.95. The molecular weight excluding hydrogens is 394 g/mol. The van der Waals surface area contributed by atoms with Crippen molar-refractivity contribution in [1.29, 1.82) is 0 Å². The molecule has 1 aromatic rings. The van der Waals surface area contributed by atoms with Gasteiger partial charge < -0.3 is 4.90 Å². The first-order valence-corrected chi connectivity index (χ1v) is 11.0. The Balaban J connectivity index is 2.48. The summed E-state index contributed by atoms with van der Waals surface area (Å²) in [5.41, 5.74) is 5.92. The van der Waals surface area contributed by atoms with Crippen LogP contribution in [0.3, 0.4) is 0 Å². The van der Waals surface area contributed by atoms with Crippen molar-refractivity contribution in [1.82, 2.24) is 9.88 Å². The Hall–Kier alpha value is -3.01. The van der Waals surface area contributed by atoms with E-state index in [1.807, 2.05) is 25.2 Å². The molecule has 0 atom stereocenters. The number of likely N-dealkylation sites (N-methyl/N-ethyl adjacent to an activating group) is 1. The van der Waals surface area contributed by atoms with Gasteiger partial charge >= 0.3 is 0 Å². The molecule has 0 unspecified atom stereocenters. The molecule has 0 saturated carbocycles. The minimum absolute atomic E-state index is 0.0540. The van der Waals surface area contributed by atoms with Crippen molar-refractivity contribution in [3.8, 4) is 0 Å². The van der Waals surface area contributed by atoms with Gasteiger partial charge in [-0.2, -0.15) is 0 Å². The number of hydrogen-bond acceptors (Lipinski definition) is 3. The van der Waals surface area contributed by atoms with Gasteiger partial charge in [0.05, 0.1) is 12.2 Å². The Labute approximate surface area is 193 Å². The molecular formula is C28H37N3O. The molecule has 1 amide bonds. The van der Waals surface area contributed by atoms with Gasteiger partial charge in [0.1, 0.15) is 0 Å². The Kier molecular flexibility index (Phi) is 7.95. The summed E-state index contributed by atoms with van der Waals surface area (Å²) < 4.78 is 0. The molecule has 4 heteroatoms. The first-order chi connectivity index (χ1) is 14.8. The normalized spacial score (nSPS) is 19.6. The van der Waals surface area contributed by atoms with Crippen molar-refractivity contribution >= 4 is 17.7 Å². The molecule has 32 heavy (non-hydrogen) atoms. The largest absolute Gasteiger partial charge is 0.310 e. The number of aliphatic imine (C=N–C) groups is 1. The zero-order valence-corrected chi connectivity index (χ0v) is 20.9. The molecule has 0 radical (unpaired) electrons. The van der Waals surface area contributed by atoms with Gasteiger partial charge in [-0.1, -0.05) is 72.4 Å². The van der Waals surface area contributed by atoms with E-state index in [1.165, 1.54) is 0 Å². The van der Waals surface area contributed by atoms with E-state index < -0.39 is 0 Å². The SMILES string of the molecule is C=C\C(=C/C=C(C)\C=C1/C=N/C/C=C/C(=O)N1C)c1cc(C(C)(C)C)nc(C(C)(C)C)c1. The highest BCUT2D eigenvalue weighted by atomic mass is 16.2. The summed E-state index contributed by atoms with van der Waals surface area (Å²) >= 11 is 0. The number of nitrogens with zero attached hydrogens (tertiary/aromatic N) is 3. The fourth-order valence-electron chi connectivity index (χ4n) is 3.07. The third-order valence-corrected chi connectivity index (χ3v) is 5.23. The molecule has 0 saturated heterocycles. The van der Waals surface area contributed by atoms with E-state index >= 15 is 0 Å². The fraction of sp³-hybridized carbons (Fsp3) is 0.393. The van der Waals surface area contributed by atoms with Gasteiger partial charge in [-0.3, -0.25) is 14.8 Å². The summed E-state index contributed by atoms with van der Waals surface area (Å²) in [6.07, 6.45) is 13.0. The van der Waals surface area contributed by atoms with Crippen LogP contribution in [0.4, 0.5) is 0 Å². The molecule has 1 aliphatic heterocycles. The van der Waals surface area contributed by atoms with Gasteiger partial charge in [0.25, 0.3) is 5.91 Å². The molecule has 0 aliphatic carbocycles. The number of aromatic nitrogens is 1.